The Kier molecular flexibility index (Phi) is 9.49. The molecule has 0 radical (unpaired) electrons. The number of unbranched alkanes of at least 4 members (excludes halogenated alkanes) is 1. The van der Waals surface area contributed by atoms with Gasteiger partial charge in [0, 0.05) is 19.5 Å². The van der Waals surface area contributed by atoms with Crippen molar-refractivity contribution in [3.05, 3.63) is 29.8 Å². The van der Waals surface area contributed by atoms with Gasteiger partial charge < -0.3 is 9.84 Å². The first-order valence-electron chi connectivity index (χ1n) is 7.03. The molecule has 0 bridgehead atoms. The molecule has 0 aromatic heterocycles. The Morgan fingerprint density at radius 3 is 2.50 bits per heavy atom. The molecule has 0 aliphatic carbocycles. The van der Waals surface area contributed by atoms with E-state index in [4.69, 9.17) is 4.74 Å². The van der Waals surface area contributed by atoms with Gasteiger partial charge in [0.15, 0.2) is 0 Å². The summed E-state index contributed by atoms with van der Waals surface area (Å²) >= 11 is 0. The molecule has 0 saturated carbocycles. The minimum Gasteiger partial charge on any atom is -0.507 e. The second-order valence-electron chi connectivity index (χ2n) is 5.32. The molecule has 0 aliphatic rings. The number of phenols is 1. The number of benzene rings is 1. The topological polar surface area (TPSA) is 46.5 Å². The van der Waals surface area contributed by atoms with Crippen molar-refractivity contribution in [2.24, 2.45) is 5.92 Å². The van der Waals surface area contributed by atoms with Crippen LogP contribution >= 0.6 is 0 Å². The normalized spacial score (nSPS) is 11.8. The first kappa shape index (κ1) is 19.1. The zero-order valence-electron chi connectivity index (χ0n) is 12.8. The number of carbonyl (C=O) groups is 1. The van der Waals surface area contributed by atoms with Gasteiger partial charge in [0.1, 0.15) is 17.4 Å². The molecule has 4 heteroatoms. The minimum absolute atomic E-state index is 0. The van der Waals surface area contributed by atoms with E-state index in [2.05, 4.69) is 20.8 Å². The molecule has 1 N–H and O–H groups in total. The number of esters is 1. The summed E-state index contributed by atoms with van der Waals surface area (Å²) in [5.41, 5.74) is 0.243. The number of aromatic hydroxyl groups is 1. The smallest absolute Gasteiger partial charge is 0.342 e. The van der Waals surface area contributed by atoms with Crippen molar-refractivity contribution in [3.63, 3.8) is 0 Å². The molecule has 1 aromatic carbocycles. The fourth-order valence-corrected chi connectivity index (χ4v) is 2.04. The number of rotatable bonds is 7. The average molecular weight is 330 g/mol. The quantitative estimate of drug-likeness (QED) is 0.604. The summed E-state index contributed by atoms with van der Waals surface area (Å²) in [7, 11) is 0. The summed E-state index contributed by atoms with van der Waals surface area (Å²) < 4.78 is 5.53. The van der Waals surface area contributed by atoms with E-state index in [-0.39, 0.29) is 36.9 Å². The van der Waals surface area contributed by atoms with Crippen LogP contribution in [0.1, 0.15) is 56.8 Å². The largest absolute Gasteiger partial charge is 0.507 e. The van der Waals surface area contributed by atoms with Crippen LogP contribution in [-0.2, 0) is 24.2 Å². The Hall–Kier alpha value is -0.887. The zero-order valence-corrected chi connectivity index (χ0v) is 15.7. The van der Waals surface area contributed by atoms with Crippen molar-refractivity contribution >= 4 is 5.97 Å². The number of hydrogen-bond donors (Lipinski definition) is 1. The fourth-order valence-electron chi connectivity index (χ4n) is 2.04. The van der Waals surface area contributed by atoms with E-state index in [1.165, 1.54) is 6.07 Å². The van der Waals surface area contributed by atoms with E-state index in [0.717, 1.165) is 25.7 Å². The monoisotopic (exact) mass is 328 g/mol. The Morgan fingerprint density at radius 2 is 1.95 bits per heavy atom. The summed E-state index contributed by atoms with van der Waals surface area (Å²) in [6, 6.07) is 6.50. The zero-order chi connectivity index (χ0) is 14.3. The number of para-hydroxylation sites is 1. The van der Waals surface area contributed by atoms with E-state index in [1.54, 1.807) is 18.2 Å². The van der Waals surface area contributed by atoms with Crippen LogP contribution in [0.4, 0.5) is 0 Å². The Balaban J connectivity index is 0.00000361. The molecule has 3 nitrogen and oxygen atoms in total. The predicted octanol–water partition coefficient (Wildman–Crippen LogP) is 4.15. The molecule has 0 saturated heterocycles. The molecule has 0 aliphatic heterocycles. The molecule has 0 fully saturated rings. The van der Waals surface area contributed by atoms with E-state index >= 15 is 0 Å². The fraction of sp³-hybridized carbons (Fsp3) is 0.562. The number of phenolic OH excluding ortho intramolecular Hbond substituents is 1. The van der Waals surface area contributed by atoms with Crippen LogP contribution in [0, 0.1) is 5.92 Å². The van der Waals surface area contributed by atoms with Gasteiger partial charge in [0.2, 0.25) is 0 Å². The van der Waals surface area contributed by atoms with Crippen molar-refractivity contribution in [2.75, 3.05) is 0 Å². The van der Waals surface area contributed by atoms with Crippen LogP contribution in [0.3, 0.4) is 0 Å². The van der Waals surface area contributed by atoms with Gasteiger partial charge in [-0.3, -0.25) is 0 Å². The second-order valence-corrected chi connectivity index (χ2v) is 5.32. The van der Waals surface area contributed by atoms with Crippen molar-refractivity contribution in [3.8, 4) is 5.75 Å². The van der Waals surface area contributed by atoms with Crippen molar-refractivity contribution in [1.82, 2.24) is 0 Å². The third-order valence-corrected chi connectivity index (χ3v) is 3.01. The van der Waals surface area contributed by atoms with E-state index in [0.29, 0.717) is 5.92 Å². The maximum absolute atomic E-state index is 12.0. The van der Waals surface area contributed by atoms with Crippen LogP contribution < -0.4 is 0 Å². The number of carbonyl (C=O) groups excluding carboxylic acids is 1. The molecule has 1 aromatic rings. The van der Waals surface area contributed by atoms with Gasteiger partial charge in [0.05, 0.1) is 0 Å². The van der Waals surface area contributed by atoms with Crippen LogP contribution in [0.25, 0.3) is 0 Å². The summed E-state index contributed by atoms with van der Waals surface area (Å²) in [6.45, 7) is 6.36. The van der Waals surface area contributed by atoms with Crippen LogP contribution in [0.5, 0.6) is 5.75 Å². The molecule has 1 atom stereocenters. The Bertz CT molecular complexity index is 404. The predicted molar refractivity (Wildman–Crippen MR) is 76.3 cm³/mol. The van der Waals surface area contributed by atoms with E-state index in [9.17, 15) is 9.90 Å². The molecule has 1 rings (SSSR count). The molecule has 0 heterocycles. The first-order chi connectivity index (χ1) is 9.04. The third kappa shape index (κ3) is 6.52. The van der Waals surface area contributed by atoms with Gasteiger partial charge in [-0.05, 0) is 30.9 Å². The maximum Gasteiger partial charge on any atom is 0.342 e. The standard InChI is InChI=1S/C16H24O3.Zn/c1-4-5-8-13(11-12(2)3)19-16(18)14-9-6-7-10-15(14)17;/h6-7,9-10,12-13,17H,4-5,8,11H2,1-3H3;. The Morgan fingerprint density at radius 1 is 1.30 bits per heavy atom. The van der Waals surface area contributed by atoms with Crippen LogP contribution in [-0.4, -0.2) is 17.2 Å². The summed E-state index contributed by atoms with van der Waals surface area (Å²) in [5.74, 6) is 0.0326. The van der Waals surface area contributed by atoms with Gasteiger partial charge in [0.25, 0.3) is 0 Å². The van der Waals surface area contributed by atoms with Gasteiger partial charge >= 0.3 is 5.97 Å². The maximum atomic E-state index is 12.0. The van der Waals surface area contributed by atoms with Gasteiger partial charge in [-0.15, -0.1) is 0 Å². The van der Waals surface area contributed by atoms with Gasteiger partial charge in [-0.1, -0.05) is 45.7 Å². The Labute approximate surface area is 134 Å². The third-order valence-electron chi connectivity index (χ3n) is 3.01. The average Bonchev–Trinajstić information content (AvgIpc) is 2.35. The SMILES string of the molecule is CCCCC(CC(C)C)OC(=O)c1ccccc1O.[Zn]. The van der Waals surface area contributed by atoms with Crippen LogP contribution in [0.2, 0.25) is 0 Å². The molecular weight excluding hydrogens is 306 g/mol. The molecular formula is C16H24O3Zn. The molecule has 0 spiro atoms. The van der Waals surface area contributed by atoms with Gasteiger partial charge in [-0.2, -0.15) is 0 Å². The first-order valence-corrected chi connectivity index (χ1v) is 7.03. The number of ether oxygens (including phenoxy) is 1. The van der Waals surface area contributed by atoms with Crippen LogP contribution in [0.15, 0.2) is 24.3 Å². The number of hydrogen-bond acceptors (Lipinski definition) is 3. The van der Waals surface area contributed by atoms with E-state index < -0.39 is 5.97 Å². The summed E-state index contributed by atoms with van der Waals surface area (Å²) in [6.07, 6.45) is 3.81. The van der Waals surface area contributed by atoms with E-state index in [1.807, 2.05) is 0 Å². The van der Waals surface area contributed by atoms with Crippen molar-refractivity contribution < 1.29 is 34.1 Å². The molecule has 0 amide bonds. The summed E-state index contributed by atoms with van der Waals surface area (Å²) in [4.78, 5) is 12.0. The molecule has 1 unspecified atom stereocenters. The van der Waals surface area contributed by atoms with Crippen molar-refractivity contribution in [1.29, 1.82) is 0 Å². The summed E-state index contributed by atoms with van der Waals surface area (Å²) in [5, 5.41) is 9.65. The minimum atomic E-state index is -0.431. The second kappa shape index (κ2) is 9.93. The molecule has 108 valence electrons. The molecule has 20 heavy (non-hydrogen) atoms. The van der Waals surface area contributed by atoms with Gasteiger partial charge in [-0.25, -0.2) is 4.79 Å². The van der Waals surface area contributed by atoms with Crippen molar-refractivity contribution in [2.45, 2.75) is 52.6 Å².